The summed E-state index contributed by atoms with van der Waals surface area (Å²) < 4.78 is 20.1. The number of para-hydroxylation sites is 1. The Morgan fingerprint density at radius 1 is 0.729 bits per heavy atom. The maximum atomic E-state index is 12.5. The van der Waals surface area contributed by atoms with Gasteiger partial charge in [0.05, 0.1) is 16.8 Å². The van der Waals surface area contributed by atoms with E-state index in [9.17, 15) is 4.79 Å². The van der Waals surface area contributed by atoms with Crippen LogP contribution in [0.3, 0.4) is 0 Å². The summed E-state index contributed by atoms with van der Waals surface area (Å²) in [6, 6.07) is 30.4. The largest absolute Gasteiger partial charge is 0.473 e. The molecule has 10 heteroatoms. The highest BCUT2D eigenvalue weighted by Gasteiger charge is 2.25. The van der Waals surface area contributed by atoms with Gasteiger partial charge in [-0.05, 0) is 42.5 Å². The summed E-state index contributed by atoms with van der Waals surface area (Å²) >= 11 is 0. The van der Waals surface area contributed by atoms with Crippen LogP contribution in [0.2, 0.25) is 0 Å². The highest BCUT2D eigenvalue weighted by molar-refractivity contribution is 6.01. The second-order valence-electron chi connectivity index (χ2n) is 12.4. The fourth-order valence-electron chi connectivity index (χ4n) is 6.45. The second kappa shape index (κ2) is 14.8. The zero-order valence-electron chi connectivity index (χ0n) is 27.5. The van der Waals surface area contributed by atoms with E-state index in [-0.39, 0.29) is 6.09 Å². The van der Waals surface area contributed by atoms with Crippen molar-refractivity contribution in [3.05, 3.63) is 102 Å². The van der Waals surface area contributed by atoms with Crippen LogP contribution < -0.4 is 14.4 Å². The van der Waals surface area contributed by atoms with Crippen molar-refractivity contribution in [3.8, 4) is 23.0 Å². The number of hydrogen-bond donors (Lipinski definition) is 0. The van der Waals surface area contributed by atoms with E-state index in [0.717, 1.165) is 91.1 Å². The quantitative estimate of drug-likeness (QED) is 0.170. The zero-order chi connectivity index (χ0) is 32.7. The van der Waals surface area contributed by atoms with Crippen LogP contribution in [0, 0.1) is 0 Å². The highest BCUT2D eigenvalue weighted by atomic mass is 16.6. The number of benzene rings is 3. The summed E-state index contributed by atoms with van der Waals surface area (Å²) in [4.78, 5) is 23.8. The third-order valence-electron chi connectivity index (χ3n) is 9.08. The third kappa shape index (κ3) is 7.23. The van der Waals surface area contributed by atoms with E-state index in [0.29, 0.717) is 31.7 Å². The van der Waals surface area contributed by atoms with E-state index in [1.807, 2.05) is 89.4 Å². The lowest BCUT2D eigenvalue weighted by atomic mass is 10.1. The van der Waals surface area contributed by atoms with Crippen LogP contribution in [-0.2, 0) is 25.0 Å². The molecule has 1 amide bonds. The van der Waals surface area contributed by atoms with Crippen molar-refractivity contribution in [2.45, 2.75) is 32.5 Å². The van der Waals surface area contributed by atoms with E-state index in [2.05, 4.69) is 28.0 Å². The Morgan fingerprint density at radius 2 is 1.42 bits per heavy atom. The first-order valence-corrected chi connectivity index (χ1v) is 16.8. The Balaban J connectivity index is 1.10. The van der Waals surface area contributed by atoms with Crippen molar-refractivity contribution in [1.29, 1.82) is 0 Å². The number of piperazine rings is 1. The van der Waals surface area contributed by atoms with E-state index < -0.39 is 0 Å². The number of rotatable bonds is 10. The van der Waals surface area contributed by atoms with Gasteiger partial charge >= 0.3 is 6.09 Å². The fourth-order valence-corrected chi connectivity index (χ4v) is 6.45. The molecule has 248 valence electrons. The van der Waals surface area contributed by atoms with Gasteiger partial charge in [-0.3, -0.25) is 9.58 Å². The number of piperidine rings is 1. The molecule has 0 saturated carbocycles. The molecule has 4 heterocycles. The van der Waals surface area contributed by atoms with E-state index in [1.54, 1.807) is 0 Å². The van der Waals surface area contributed by atoms with Crippen molar-refractivity contribution < 1.29 is 19.0 Å². The molecule has 5 aromatic rings. The molecule has 48 heavy (non-hydrogen) atoms. The number of pyridine rings is 1. The van der Waals surface area contributed by atoms with Gasteiger partial charge in [0.25, 0.3) is 0 Å². The SMILES string of the molecule is Cn1nc(-c2ccc(OCc3ccccc3)nc2OCc2ccccc2)c2cccc(N3CCN(COC(=O)N4CCCCC4)CC3)c21. The molecule has 7 rings (SSSR count). The minimum absolute atomic E-state index is 0.193. The highest BCUT2D eigenvalue weighted by Crippen LogP contribution is 2.38. The normalized spacial score (nSPS) is 15.4. The standard InChI is InChI=1S/C38H42N6O4/c1-41-36-31(16-11-17-33(36)43-24-22-42(23-25-43)28-48-38(45)44-20-9-4-10-21-44)35(40-41)32-18-19-34(46-26-29-12-5-2-6-13-29)39-37(32)47-27-30-14-7-3-8-15-30/h2-3,5-8,11-19H,4,9-10,20-28H2,1H3. The van der Waals surface area contributed by atoms with Gasteiger partial charge in [-0.2, -0.15) is 10.1 Å². The number of aryl methyl sites for hydroxylation is 1. The van der Waals surface area contributed by atoms with Crippen molar-refractivity contribution >= 4 is 22.7 Å². The van der Waals surface area contributed by atoms with Gasteiger partial charge in [-0.15, -0.1) is 0 Å². The molecule has 0 unspecified atom stereocenters. The number of amides is 1. The van der Waals surface area contributed by atoms with Crippen LogP contribution in [0.25, 0.3) is 22.2 Å². The predicted octanol–water partition coefficient (Wildman–Crippen LogP) is 6.50. The molecule has 2 aliphatic heterocycles. The molecule has 2 aromatic heterocycles. The lowest BCUT2D eigenvalue weighted by molar-refractivity contribution is 0.0382. The predicted molar refractivity (Wildman–Crippen MR) is 186 cm³/mol. The Hall–Kier alpha value is -5.09. The lowest BCUT2D eigenvalue weighted by Crippen LogP contribution is -2.48. The summed E-state index contributed by atoms with van der Waals surface area (Å²) in [6.07, 6.45) is 3.11. The Morgan fingerprint density at radius 3 is 2.12 bits per heavy atom. The average Bonchev–Trinajstić information content (AvgIpc) is 3.49. The van der Waals surface area contributed by atoms with Crippen molar-refractivity contribution in [3.63, 3.8) is 0 Å². The van der Waals surface area contributed by atoms with Gasteiger partial charge in [0.15, 0.2) is 0 Å². The first-order valence-electron chi connectivity index (χ1n) is 16.8. The molecule has 0 atom stereocenters. The van der Waals surface area contributed by atoms with E-state index in [4.69, 9.17) is 24.3 Å². The number of fused-ring (bicyclic) bond motifs is 1. The number of likely N-dealkylation sites (tertiary alicyclic amines) is 1. The number of carbonyl (C=O) groups is 1. The Kier molecular flexibility index (Phi) is 9.70. The molecule has 0 radical (unpaired) electrons. The fraction of sp³-hybridized carbons (Fsp3) is 0.342. The number of ether oxygens (including phenoxy) is 3. The Bertz CT molecular complexity index is 1820. The Labute approximate surface area is 281 Å². The van der Waals surface area contributed by atoms with E-state index >= 15 is 0 Å². The van der Waals surface area contributed by atoms with Crippen LogP contribution in [0.15, 0.2) is 91.0 Å². The smallest absolute Gasteiger partial charge is 0.411 e. The summed E-state index contributed by atoms with van der Waals surface area (Å²) in [5, 5.41) is 6.04. The monoisotopic (exact) mass is 646 g/mol. The summed E-state index contributed by atoms with van der Waals surface area (Å²) in [5.74, 6) is 0.966. The molecular weight excluding hydrogens is 604 g/mol. The molecule has 2 saturated heterocycles. The average molecular weight is 647 g/mol. The molecular formula is C38H42N6O4. The van der Waals surface area contributed by atoms with Gasteiger partial charge in [-0.25, -0.2) is 4.79 Å². The second-order valence-corrected chi connectivity index (χ2v) is 12.4. The molecule has 3 aromatic carbocycles. The molecule has 0 bridgehead atoms. The number of hydrogen-bond acceptors (Lipinski definition) is 8. The van der Waals surface area contributed by atoms with Crippen molar-refractivity contribution in [1.82, 2.24) is 24.6 Å². The van der Waals surface area contributed by atoms with Crippen LogP contribution >= 0.6 is 0 Å². The first-order chi connectivity index (χ1) is 23.6. The summed E-state index contributed by atoms with van der Waals surface area (Å²) in [5.41, 5.74) is 5.91. The zero-order valence-corrected chi connectivity index (χ0v) is 27.5. The van der Waals surface area contributed by atoms with Gasteiger partial charge in [0, 0.05) is 57.8 Å². The van der Waals surface area contributed by atoms with Crippen LogP contribution in [-0.4, -0.2) is 76.7 Å². The lowest BCUT2D eigenvalue weighted by Gasteiger charge is -2.36. The van der Waals surface area contributed by atoms with Gasteiger partial charge in [0.1, 0.15) is 25.6 Å². The van der Waals surface area contributed by atoms with Gasteiger partial charge in [-0.1, -0.05) is 72.8 Å². The van der Waals surface area contributed by atoms with Gasteiger partial charge < -0.3 is 24.0 Å². The summed E-state index contributed by atoms with van der Waals surface area (Å²) in [6.45, 7) is 5.96. The van der Waals surface area contributed by atoms with Gasteiger partial charge in [0.2, 0.25) is 11.8 Å². The van der Waals surface area contributed by atoms with E-state index in [1.165, 1.54) is 6.42 Å². The molecule has 10 nitrogen and oxygen atoms in total. The minimum Gasteiger partial charge on any atom is -0.473 e. The molecule has 0 N–H and O–H groups in total. The molecule has 2 aliphatic rings. The molecule has 0 aliphatic carbocycles. The van der Waals surface area contributed by atoms with Crippen LogP contribution in [0.1, 0.15) is 30.4 Å². The van der Waals surface area contributed by atoms with Crippen molar-refractivity contribution in [2.24, 2.45) is 7.05 Å². The summed E-state index contributed by atoms with van der Waals surface area (Å²) in [7, 11) is 1.99. The molecule has 2 fully saturated rings. The molecule has 0 spiro atoms. The number of aromatic nitrogens is 3. The third-order valence-corrected chi connectivity index (χ3v) is 9.08. The minimum atomic E-state index is -0.193. The number of nitrogens with zero attached hydrogens (tertiary/aromatic N) is 6. The van der Waals surface area contributed by atoms with Crippen LogP contribution in [0.5, 0.6) is 11.8 Å². The number of anilines is 1. The maximum Gasteiger partial charge on any atom is 0.411 e. The van der Waals surface area contributed by atoms with Crippen LogP contribution in [0.4, 0.5) is 10.5 Å². The topological polar surface area (TPSA) is 85.2 Å². The number of carbonyl (C=O) groups excluding carboxylic acids is 1. The van der Waals surface area contributed by atoms with Crippen molar-refractivity contribution in [2.75, 3.05) is 50.9 Å². The maximum absolute atomic E-state index is 12.5. The first kappa shape index (κ1) is 31.5.